The molecule has 0 saturated carbocycles. The molecule has 3 aromatic rings. The smallest absolute Gasteiger partial charge is 0.279 e. The molecule has 1 aliphatic rings. The predicted molar refractivity (Wildman–Crippen MR) is 112 cm³/mol. The maximum absolute atomic E-state index is 12.5. The van der Waals surface area contributed by atoms with Crippen molar-refractivity contribution in [2.45, 2.75) is 26.3 Å². The lowest BCUT2D eigenvalue weighted by Gasteiger charge is -2.30. The van der Waals surface area contributed by atoms with Gasteiger partial charge in [-0.1, -0.05) is 24.2 Å². The summed E-state index contributed by atoms with van der Waals surface area (Å²) in [5.74, 6) is 1.52. The SMILES string of the molecule is COc1ccccc1-c1cc(C(=O)Nc2nc(CN3CCCC(C)C3)cs2)no1. The number of carbonyl (C=O) groups excluding carboxylic acids is 1. The molecule has 7 nitrogen and oxygen atoms in total. The number of rotatable bonds is 6. The van der Waals surface area contributed by atoms with Gasteiger partial charge in [0.15, 0.2) is 16.6 Å². The summed E-state index contributed by atoms with van der Waals surface area (Å²) in [6.45, 7) is 5.31. The van der Waals surface area contributed by atoms with Crippen LogP contribution in [0.1, 0.15) is 35.9 Å². The lowest BCUT2D eigenvalue weighted by Crippen LogP contribution is -2.33. The van der Waals surface area contributed by atoms with Crippen LogP contribution in [0, 0.1) is 5.92 Å². The summed E-state index contributed by atoms with van der Waals surface area (Å²) in [4.78, 5) is 19.5. The third kappa shape index (κ3) is 4.65. The average Bonchev–Trinajstić information content (AvgIpc) is 3.38. The molecular formula is C21H24N4O3S. The van der Waals surface area contributed by atoms with E-state index in [1.165, 1.54) is 24.2 Å². The first kappa shape index (κ1) is 19.6. The Kier molecular flexibility index (Phi) is 5.92. The maximum Gasteiger partial charge on any atom is 0.279 e. The number of hydrogen-bond donors (Lipinski definition) is 1. The van der Waals surface area contributed by atoms with Crippen LogP contribution in [0.3, 0.4) is 0 Å². The molecule has 0 spiro atoms. The van der Waals surface area contributed by atoms with Gasteiger partial charge in [-0.2, -0.15) is 0 Å². The second kappa shape index (κ2) is 8.75. The number of hydrogen-bond acceptors (Lipinski definition) is 7. The number of para-hydroxylation sites is 1. The highest BCUT2D eigenvalue weighted by molar-refractivity contribution is 7.13. The summed E-state index contributed by atoms with van der Waals surface area (Å²) in [6, 6.07) is 9.04. The van der Waals surface area contributed by atoms with E-state index < -0.39 is 0 Å². The van der Waals surface area contributed by atoms with Crippen LogP contribution in [0.4, 0.5) is 5.13 Å². The van der Waals surface area contributed by atoms with Crippen molar-refractivity contribution in [3.05, 3.63) is 47.1 Å². The molecule has 8 heteroatoms. The quantitative estimate of drug-likeness (QED) is 0.650. The molecule has 1 saturated heterocycles. The first-order chi connectivity index (χ1) is 14.1. The Bertz CT molecular complexity index is 984. The number of thiazole rings is 1. The van der Waals surface area contributed by atoms with E-state index in [2.05, 4.69) is 27.3 Å². The number of carbonyl (C=O) groups is 1. The standard InChI is InChI=1S/C21H24N4O3S/c1-14-6-5-9-25(11-14)12-15-13-29-21(22-15)23-20(26)17-10-19(28-24-17)16-7-3-4-8-18(16)27-2/h3-4,7-8,10,13-14H,5-6,9,11-12H2,1-2H3,(H,22,23,26). The van der Waals surface area contributed by atoms with Crippen LogP contribution in [-0.2, 0) is 6.54 Å². The summed E-state index contributed by atoms with van der Waals surface area (Å²) in [5, 5.41) is 9.28. The second-order valence-electron chi connectivity index (χ2n) is 7.36. The maximum atomic E-state index is 12.5. The van der Waals surface area contributed by atoms with E-state index in [-0.39, 0.29) is 11.6 Å². The normalized spacial score (nSPS) is 17.2. The summed E-state index contributed by atoms with van der Waals surface area (Å²) in [7, 11) is 1.59. The molecule has 2 aromatic heterocycles. The van der Waals surface area contributed by atoms with E-state index in [9.17, 15) is 4.79 Å². The highest BCUT2D eigenvalue weighted by Crippen LogP contribution is 2.30. The Labute approximate surface area is 173 Å². The second-order valence-corrected chi connectivity index (χ2v) is 8.22. The van der Waals surface area contributed by atoms with Gasteiger partial charge in [0.1, 0.15) is 5.75 Å². The third-order valence-corrected chi connectivity index (χ3v) is 5.82. The molecule has 1 atom stereocenters. The fourth-order valence-electron chi connectivity index (χ4n) is 3.61. The van der Waals surface area contributed by atoms with E-state index >= 15 is 0 Å². The van der Waals surface area contributed by atoms with Crippen LogP contribution in [0.15, 0.2) is 40.2 Å². The number of piperidine rings is 1. The van der Waals surface area contributed by atoms with Gasteiger partial charge in [0.05, 0.1) is 18.4 Å². The summed E-state index contributed by atoms with van der Waals surface area (Å²) in [5.41, 5.74) is 1.93. The van der Waals surface area contributed by atoms with Gasteiger partial charge in [0.25, 0.3) is 5.91 Å². The van der Waals surface area contributed by atoms with Crippen molar-refractivity contribution in [3.8, 4) is 17.1 Å². The van der Waals surface area contributed by atoms with Crippen molar-refractivity contribution >= 4 is 22.4 Å². The fourth-order valence-corrected chi connectivity index (χ4v) is 4.31. The van der Waals surface area contributed by atoms with Crippen molar-refractivity contribution < 1.29 is 14.1 Å². The number of nitrogens with one attached hydrogen (secondary N) is 1. The lowest BCUT2D eigenvalue weighted by molar-refractivity contribution is 0.101. The highest BCUT2D eigenvalue weighted by Gasteiger charge is 2.19. The molecular weight excluding hydrogens is 388 g/mol. The average molecular weight is 413 g/mol. The van der Waals surface area contributed by atoms with E-state index in [1.54, 1.807) is 13.2 Å². The summed E-state index contributed by atoms with van der Waals surface area (Å²) < 4.78 is 10.7. The minimum atomic E-state index is -0.345. The van der Waals surface area contributed by atoms with Crippen molar-refractivity contribution in [2.75, 3.05) is 25.5 Å². The number of methoxy groups -OCH3 is 1. The zero-order valence-electron chi connectivity index (χ0n) is 16.6. The topological polar surface area (TPSA) is 80.5 Å². The summed E-state index contributed by atoms with van der Waals surface area (Å²) in [6.07, 6.45) is 2.53. The molecule has 1 N–H and O–H groups in total. The molecule has 0 bridgehead atoms. The van der Waals surface area contributed by atoms with E-state index in [0.29, 0.717) is 16.6 Å². The Morgan fingerprint density at radius 3 is 3.10 bits per heavy atom. The Morgan fingerprint density at radius 1 is 1.41 bits per heavy atom. The van der Waals surface area contributed by atoms with Crippen molar-refractivity contribution in [2.24, 2.45) is 5.92 Å². The number of aromatic nitrogens is 2. The highest BCUT2D eigenvalue weighted by atomic mass is 32.1. The summed E-state index contributed by atoms with van der Waals surface area (Å²) >= 11 is 1.42. The minimum Gasteiger partial charge on any atom is -0.496 e. The van der Waals surface area contributed by atoms with Gasteiger partial charge in [-0.3, -0.25) is 15.0 Å². The monoisotopic (exact) mass is 412 g/mol. The van der Waals surface area contributed by atoms with E-state index in [4.69, 9.17) is 9.26 Å². The number of benzene rings is 1. The van der Waals surface area contributed by atoms with Crippen molar-refractivity contribution in [1.82, 2.24) is 15.0 Å². The number of ether oxygens (including phenoxy) is 1. The van der Waals surface area contributed by atoms with Gasteiger partial charge in [0.2, 0.25) is 0 Å². The van der Waals surface area contributed by atoms with Crippen LogP contribution < -0.4 is 10.1 Å². The molecule has 152 valence electrons. The van der Waals surface area contributed by atoms with E-state index in [0.717, 1.165) is 36.8 Å². The first-order valence-electron chi connectivity index (χ1n) is 9.70. The molecule has 1 aromatic carbocycles. The van der Waals surface area contributed by atoms with Crippen molar-refractivity contribution in [3.63, 3.8) is 0 Å². The molecule has 1 fully saturated rings. The van der Waals surface area contributed by atoms with Crippen LogP contribution in [0.25, 0.3) is 11.3 Å². The minimum absolute atomic E-state index is 0.201. The molecule has 0 radical (unpaired) electrons. The fraction of sp³-hybridized carbons (Fsp3) is 0.381. The van der Waals surface area contributed by atoms with Crippen LogP contribution in [0.5, 0.6) is 5.75 Å². The number of nitrogens with zero attached hydrogens (tertiary/aromatic N) is 3. The van der Waals surface area contributed by atoms with Gasteiger partial charge >= 0.3 is 0 Å². The molecule has 4 rings (SSSR count). The lowest BCUT2D eigenvalue weighted by atomic mass is 10.0. The Morgan fingerprint density at radius 2 is 2.28 bits per heavy atom. The Balaban J connectivity index is 1.40. The number of likely N-dealkylation sites (tertiary alicyclic amines) is 1. The van der Waals surface area contributed by atoms with Gasteiger partial charge in [0, 0.05) is 24.5 Å². The van der Waals surface area contributed by atoms with Crippen LogP contribution >= 0.6 is 11.3 Å². The number of anilines is 1. The third-order valence-electron chi connectivity index (χ3n) is 5.01. The van der Waals surface area contributed by atoms with Gasteiger partial charge < -0.3 is 9.26 Å². The predicted octanol–water partition coefficient (Wildman–Crippen LogP) is 4.29. The van der Waals surface area contributed by atoms with E-state index in [1.807, 2.05) is 29.6 Å². The van der Waals surface area contributed by atoms with Gasteiger partial charge in [-0.25, -0.2) is 4.98 Å². The Hall–Kier alpha value is -2.71. The van der Waals surface area contributed by atoms with Gasteiger partial charge in [-0.05, 0) is 37.4 Å². The number of amides is 1. The van der Waals surface area contributed by atoms with Crippen LogP contribution in [0.2, 0.25) is 0 Å². The molecule has 0 aliphatic carbocycles. The molecule has 1 unspecified atom stereocenters. The molecule has 1 aliphatic heterocycles. The molecule has 3 heterocycles. The van der Waals surface area contributed by atoms with Gasteiger partial charge in [-0.15, -0.1) is 11.3 Å². The first-order valence-corrected chi connectivity index (χ1v) is 10.6. The molecule has 1 amide bonds. The zero-order valence-corrected chi connectivity index (χ0v) is 17.4. The molecule has 29 heavy (non-hydrogen) atoms. The largest absolute Gasteiger partial charge is 0.496 e. The van der Waals surface area contributed by atoms with Crippen molar-refractivity contribution in [1.29, 1.82) is 0 Å². The zero-order chi connectivity index (χ0) is 20.2. The van der Waals surface area contributed by atoms with Crippen LogP contribution in [-0.4, -0.2) is 41.1 Å².